The van der Waals surface area contributed by atoms with E-state index in [1.165, 1.54) is 0 Å². The van der Waals surface area contributed by atoms with Gasteiger partial charge in [-0.05, 0) is 37.1 Å². The van der Waals surface area contributed by atoms with Crippen molar-refractivity contribution >= 4 is 11.6 Å². The third kappa shape index (κ3) is 2.64. The Morgan fingerprint density at radius 2 is 2.04 bits per heavy atom. The van der Waals surface area contributed by atoms with Crippen LogP contribution in [0.2, 0.25) is 0 Å². The summed E-state index contributed by atoms with van der Waals surface area (Å²) in [5, 5.41) is 3.32. The minimum atomic E-state index is -0.462. The van der Waals surface area contributed by atoms with Crippen LogP contribution in [-0.4, -0.2) is 37.6 Å². The summed E-state index contributed by atoms with van der Waals surface area (Å²) in [4.78, 5) is 18.8. The van der Waals surface area contributed by atoms with Crippen LogP contribution in [0.15, 0.2) is 36.5 Å². The van der Waals surface area contributed by atoms with Gasteiger partial charge in [0.2, 0.25) is 5.91 Å². The number of amides is 1. The molecule has 1 fully saturated rings. The van der Waals surface area contributed by atoms with E-state index in [4.69, 9.17) is 4.74 Å². The Morgan fingerprint density at radius 3 is 2.72 bits per heavy atom. The predicted octanol–water partition coefficient (Wildman–Crippen LogP) is 2.66. The molecule has 1 N–H and O–H groups in total. The molecule has 1 saturated heterocycles. The summed E-state index contributed by atoms with van der Waals surface area (Å²) in [6.45, 7) is 6.37. The van der Waals surface area contributed by atoms with Crippen molar-refractivity contribution in [1.82, 2.24) is 10.3 Å². The normalized spacial score (nSPS) is 22.1. The SMILES string of the molecule is CN1C(=O)C(C)(C)c2ccc(-c3ccc(C4CNCCO4)nc3)cc21. The van der Waals surface area contributed by atoms with Gasteiger partial charge in [-0.2, -0.15) is 0 Å². The van der Waals surface area contributed by atoms with Gasteiger partial charge in [-0.1, -0.05) is 18.2 Å². The Hall–Kier alpha value is -2.24. The van der Waals surface area contributed by atoms with Crippen molar-refractivity contribution in [2.75, 3.05) is 31.6 Å². The van der Waals surface area contributed by atoms with Gasteiger partial charge in [-0.15, -0.1) is 0 Å². The smallest absolute Gasteiger partial charge is 0.236 e. The number of benzene rings is 1. The maximum absolute atomic E-state index is 12.4. The first kappa shape index (κ1) is 16.2. The van der Waals surface area contributed by atoms with E-state index < -0.39 is 5.41 Å². The number of ether oxygens (including phenoxy) is 1. The van der Waals surface area contributed by atoms with Crippen LogP contribution in [0.5, 0.6) is 0 Å². The minimum Gasteiger partial charge on any atom is -0.369 e. The monoisotopic (exact) mass is 337 g/mol. The molecule has 2 aromatic rings. The summed E-state index contributed by atoms with van der Waals surface area (Å²) in [6.07, 6.45) is 1.91. The van der Waals surface area contributed by atoms with Crippen molar-refractivity contribution in [3.63, 3.8) is 0 Å². The van der Waals surface area contributed by atoms with Crippen LogP contribution in [0, 0.1) is 0 Å². The molecule has 0 bridgehead atoms. The Kier molecular flexibility index (Phi) is 3.85. The maximum Gasteiger partial charge on any atom is 0.236 e. The van der Waals surface area contributed by atoms with E-state index in [0.717, 1.165) is 47.8 Å². The molecule has 130 valence electrons. The first-order valence-electron chi connectivity index (χ1n) is 8.70. The van der Waals surface area contributed by atoms with Crippen LogP contribution in [-0.2, 0) is 14.9 Å². The minimum absolute atomic E-state index is 0.0207. The Labute approximate surface area is 148 Å². The number of rotatable bonds is 2. The fourth-order valence-electron chi connectivity index (χ4n) is 3.68. The summed E-state index contributed by atoms with van der Waals surface area (Å²) in [7, 11) is 1.84. The fourth-order valence-corrected chi connectivity index (χ4v) is 3.68. The van der Waals surface area contributed by atoms with Crippen LogP contribution >= 0.6 is 0 Å². The standard InChI is InChI=1S/C20H23N3O2/c1-20(2)15-6-4-13(10-17(15)23(3)19(20)24)14-5-7-16(22-11-14)18-12-21-8-9-25-18/h4-7,10-11,18,21H,8-9,12H2,1-3H3. The topological polar surface area (TPSA) is 54.5 Å². The first-order chi connectivity index (χ1) is 12.0. The average Bonchev–Trinajstić information content (AvgIpc) is 2.83. The number of aromatic nitrogens is 1. The number of nitrogens with zero attached hydrogens (tertiary/aromatic N) is 2. The molecule has 1 atom stereocenters. The molecule has 1 aromatic carbocycles. The molecular formula is C20H23N3O2. The highest BCUT2D eigenvalue weighted by atomic mass is 16.5. The van der Waals surface area contributed by atoms with Crippen LogP contribution in [0.25, 0.3) is 11.1 Å². The number of morpholine rings is 1. The van der Waals surface area contributed by atoms with E-state index in [0.29, 0.717) is 0 Å². The summed E-state index contributed by atoms with van der Waals surface area (Å²) >= 11 is 0. The number of carbonyl (C=O) groups is 1. The maximum atomic E-state index is 12.4. The third-order valence-electron chi connectivity index (χ3n) is 5.25. The van der Waals surface area contributed by atoms with Crippen molar-refractivity contribution in [2.24, 2.45) is 0 Å². The number of pyridine rings is 1. The highest BCUT2D eigenvalue weighted by Gasteiger charge is 2.42. The summed E-state index contributed by atoms with van der Waals surface area (Å²) in [5.41, 5.74) is 4.66. The molecule has 0 radical (unpaired) electrons. The molecule has 5 heteroatoms. The zero-order valence-electron chi connectivity index (χ0n) is 14.9. The lowest BCUT2D eigenvalue weighted by molar-refractivity contribution is -0.121. The first-order valence-corrected chi connectivity index (χ1v) is 8.70. The van der Waals surface area contributed by atoms with Crippen LogP contribution in [0.3, 0.4) is 0 Å². The second-order valence-electron chi connectivity index (χ2n) is 7.26. The average molecular weight is 337 g/mol. The van der Waals surface area contributed by atoms with Crippen molar-refractivity contribution in [3.05, 3.63) is 47.8 Å². The Balaban J connectivity index is 1.64. The van der Waals surface area contributed by atoms with Gasteiger partial charge in [0, 0.05) is 37.6 Å². The van der Waals surface area contributed by atoms with Gasteiger partial charge in [0.05, 0.1) is 17.7 Å². The molecular weight excluding hydrogens is 314 g/mol. The lowest BCUT2D eigenvalue weighted by Gasteiger charge is -2.23. The number of nitrogens with one attached hydrogen (secondary N) is 1. The van der Waals surface area contributed by atoms with E-state index in [9.17, 15) is 4.79 Å². The van der Waals surface area contributed by atoms with Gasteiger partial charge in [-0.25, -0.2) is 0 Å². The highest BCUT2D eigenvalue weighted by molar-refractivity contribution is 6.07. The second kappa shape index (κ2) is 5.93. The van der Waals surface area contributed by atoms with Gasteiger partial charge < -0.3 is 15.0 Å². The van der Waals surface area contributed by atoms with E-state index in [2.05, 4.69) is 34.6 Å². The molecule has 5 nitrogen and oxygen atoms in total. The zero-order valence-corrected chi connectivity index (χ0v) is 14.9. The van der Waals surface area contributed by atoms with Crippen molar-refractivity contribution in [2.45, 2.75) is 25.4 Å². The van der Waals surface area contributed by atoms with Crippen molar-refractivity contribution < 1.29 is 9.53 Å². The van der Waals surface area contributed by atoms with Gasteiger partial charge in [0.1, 0.15) is 6.10 Å². The second-order valence-corrected chi connectivity index (χ2v) is 7.26. The lowest BCUT2D eigenvalue weighted by Crippen LogP contribution is -2.33. The number of likely N-dealkylation sites (N-methyl/N-ethyl adjacent to an activating group) is 1. The fraction of sp³-hybridized carbons (Fsp3) is 0.400. The number of hydrogen-bond donors (Lipinski definition) is 1. The summed E-state index contributed by atoms with van der Waals surface area (Å²) in [6, 6.07) is 10.3. The molecule has 1 unspecified atom stereocenters. The lowest BCUT2D eigenvalue weighted by atomic mass is 9.85. The molecule has 1 aromatic heterocycles. The van der Waals surface area contributed by atoms with Crippen molar-refractivity contribution in [3.8, 4) is 11.1 Å². The number of carbonyl (C=O) groups excluding carboxylic acids is 1. The number of hydrogen-bond acceptors (Lipinski definition) is 4. The molecule has 1 amide bonds. The number of anilines is 1. The highest BCUT2D eigenvalue weighted by Crippen LogP contribution is 2.42. The summed E-state index contributed by atoms with van der Waals surface area (Å²) in [5.74, 6) is 0.134. The molecule has 4 rings (SSSR count). The van der Waals surface area contributed by atoms with E-state index >= 15 is 0 Å². The molecule has 3 heterocycles. The van der Waals surface area contributed by atoms with Gasteiger partial charge >= 0.3 is 0 Å². The van der Waals surface area contributed by atoms with E-state index in [-0.39, 0.29) is 12.0 Å². The van der Waals surface area contributed by atoms with Crippen LogP contribution < -0.4 is 10.2 Å². The molecule has 0 aliphatic carbocycles. The third-order valence-corrected chi connectivity index (χ3v) is 5.25. The van der Waals surface area contributed by atoms with Gasteiger partial charge in [0.15, 0.2) is 0 Å². The summed E-state index contributed by atoms with van der Waals surface area (Å²) < 4.78 is 5.75. The van der Waals surface area contributed by atoms with E-state index in [1.54, 1.807) is 4.90 Å². The molecule has 25 heavy (non-hydrogen) atoms. The Bertz CT molecular complexity index is 808. The van der Waals surface area contributed by atoms with Crippen LogP contribution in [0.1, 0.15) is 31.2 Å². The number of fused-ring (bicyclic) bond motifs is 1. The molecule has 0 saturated carbocycles. The molecule has 2 aliphatic heterocycles. The van der Waals surface area contributed by atoms with Crippen LogP contribution in [0.4, 0.5) is 5.69 Å². The quantitative estimate of drug-likeness (QED) is 0.915. The molecule has 2 aliphatic rings. The molecule has 0 spiro atoms. The van der Waals surface area contributed by atoms with Gasteiger partial charge in [0.25, 0.3) is 0 Å². The van der Waals surface area contributed by atoms with Crippen molar-refractivity contribution in [1.29, 1.82) is 0 Å². The van der Waals surface area contributed by atoms with E-state index in [1.807, 2.05) is 33.2 Å². The zero-order chi connectivity index (χ0) is 17.6. The Morgan fingerprint density at radius 1 is 1.24 bits per heavy atom. The predicted molar refractivity (Wildman–Crippen MR) is 97.7 cm³/mol. The largest absolute Gasteiger partial charge is 0.369 e. The van der Waals surface area contributed by atoms with Gasteiger partial charge in [-0.3, -0.25) is 9.78 Å².